The van der Waals surface area contributed by atoms with E-state index in [0.717, 1.165) is 5.56 Å². The highest BCUT2D eigenvalue weighted by atomic mass is 35.5. The Morgan fingerprint density at radius 3 is 2.59 bits per heavy atom. The van der Waals surface area contributed by atoms with Crippen molar-refractivity contribution in [3.8, 4) is 0 Å². The van der Waals surface area contributed by atoms with Crippen LogP contribution in [0.25, 0.3) is 0 Å². The maximum absolute atomic E-state index is 11.3. The molecule has 86 valence electrons. The lowest BCUT2D eigenvalue weighted by Crippen LogP contribution is -2.16. The Bertz CT molecular complexity index is 540. The van der Waals surface area contributed by atoms with Gasteiger partial charge in [0.25, 0.3) is 5.91 Å². The Morgan fingerprint density at radius 2 is 1.94 bits per heavy atom. The van der Waals surface area contributed by atoms with Gasteiger partial charge in [0, 0.05) is 23.2 Å². The van der Waals surface area contributed by atoms with Crippen LogP contribution < -0.4 is 5.73 Å². The van der Waals surface area contributed by atoms with E-state index in [9.17, 15) is 4.79 Å². The van der Waals surface area contributed by atoms with Crippen molar-refractivity contribution in [2.75, 3.05) is 0 Å². The number of nitrogens with two attached hydrogens (primary N) is 1. The van der Waals surface area contributed by atoms with Crippen LogP contribution in [-0.2, 0) is 6.42 Å². The van der Waals surface area contributed by atoms with Gasteiger partial charge in [0.05, 0.1) is 0 Å². The fourth-order valence-electron chi connectivity index (χ4n) is 1.65. The summed E-state index contributed by atoms with van der Waals surface area (Å²) in [6, 6.07) is 11.4. The van der Waals surface area contributed by atoms with Crippen LogP contribution in [-0.4, -0.2) is 10.9 Å². The number of benzene rings is 1. The van der Waals surface area contributed by atoms with Crippen LogP contribution in [0, 0.1) is 0 Å². The predicted molar refractivity (Wildman–Crippen MR) is 67.0 cm³/mol. The number of aromatic nitrogens is 1. The van der Waals surface area contributed by atoms with E-state index in [1.54, 1.807) is 6.07 Å². The summed E-state index contributed by atoms with van der Waals surface area (Å²) in [7, 11) is 0. The molecule has 2 aromatic rings. The molecule has 0 radical (unpaired) electrons. The molecule has 0 saturated carbocycles. The number of nitrogens with zero attached hydrogens (tertiary/aromatic N) is 1. The smallest absolute Gasteiger partial charge is 0.267 e. The molecule has 1 heterocycles. The molecule has 0 atom stereocenters. The standard InChI is InChI=1S/C13H11ClN2O/c14-11-6-7-16-12(13(15)17)10(11)8-9-4-2-1-3-5-9/h1-7H,8H2,(H2,15,17). The average Bonchev–Trinajstić information content (AvgIpc) is 2.33. The van der Waals surface area contributed by atoms with Crippen molar-refractivity contribution in [3.05, 3.63) is 64.4 Å². The van der Waals surface area contributed by atoms with Crippen molar-refractivity contribution in [1.82, 2.24) is 4.98 Å². The molecule has 4 heteroatoms. The molecular weight excluding hydrogens is 236 g/mol. The van der Waals surface area contributed by atoms with Crippen molar-refractivity contribution in [2.24, 2.45) is 5.73 Å². The van der Waals surface area contributed by atoms with E-state index >= 15 is 0 Å². The predicted octanol–water partition coefficient (Wildman–Crippen LogP) is 2.42. The third-order valence-electron chi connectivity index (χ3n) is 2.46. The second kappa shape index (κ2) is 4.97. The van der Waals surface area contributed by atoms with E-state index in [1.165, 1.54) is 6.20 Å². The van der Waals surface area contributed by atoms with Crippen molar-refractivity contribution >= 4 is 17.5 Å². The normalized spacial score (nSPS) is 10.2. The van der Waals surface area contributed by atoms with E-state index in [1.807, 2.05) is 30.3 Å². The largest absolute Gasteiger partial charge is 0.364 e. The Labute approximate surface area is 104 Å². The van der Waals surface area contributed by atoms with Gasteiger partial charge in [0.15, 0.2) is 0 Å². The van der Waals surface area contributed by atoms with Crippen LogP contribution in [0.15, 0.2) is 42.6 Å². The maximum atomic E-state index is 11.3. The number of pyridine rings is 1. The molecule has 1 aromatic heterocycles. The van der Waals surface area contributed by atoms with Gasteiger partial charge in [-0.1, -0.05) is 41.9 Å². The maximum Gasteiger partial charge on any atom is 0.267 e. The molecule has 0 saturated heterocycles. The molecule has 0 aliphatic rings. The van der Waals surface area contributed by atoms with Gasteiger partial charge in [-0.2, -0.15) is 0 Å². The van der Waals surface area contributed by atoms with Crippen molar-refractivity contribution < 1.29 is 4.79 Å². The molecule has 0 bridgehead atoms. The zero-order chi connectivity index (χ0) is 12.3. The third-order valence-corrected chi connectivity index (χ3v) is 2.81. The molecule has 17 heavy (non-hydrogen) atoms. The van der Waals surface area contributed by atoms with E-state index < -0.39 is 5.91 Å². The van der Waals surface area contributed by atoms with Gasteiger partial charge in [-0.3, -0.25) is 9.78 Å². The van der Waals surface area contributed by atoms with Crippen LogP contribution in [0.4, 0.5) is 0 Å². The summed E-state index contributed by atoms with van der Waals surface area (Å²) < 4.78 is 0. The Balaban J connectivity index is 2.41. The second-order valence-corrected chi connectivity index (χ2v) is 4.05. The number of hydrogen-bond donors (Lipinski definition) is 1. The van der Waals surface area contributed by atoms with Gasteiger partial charge < -0.3 is 5.73 Å². The topological polar surface area (TPSA) is 56.0 Å². The number of primary amides is 1. The molecule has 3 nitrogen and oxygen atoms in total. The van der Waals surface area contributed by atoms with Gasteiger partial charge in [0.2, 0.25) is 0 Å². The molecular formula is C13H11ClN2O. The Hall–Kier alpha value is -1.87. The Kier molecular flexibility index (Phi) is 3.40. The van der Waals surface area contributed by atoms with Crippen LogP contribution in [0.2, 0.25) is 5.02 Å². The van der Waals surface area contributed by atoms with Crippen LogP contribution >= 0.6 is 11.6 Å². The minimum atomic E-state index is -0.557. The lowest BCUT2D eigenvalue weighted by atomic mass is 10.0. The van der Waals surface area contributed by atoms with Crippen molar-refractivity contribution in [3.63, 3.8) is 0 Å². The minimum absolute atomic E-state index is 0.237. The number of halogens is 1. The number of rotatable bonds is 3. The SMILES string of the molecule is NC(=O)c1nccc(Cl)c1Cc1ccccc1. The molecule has 0 spiro atoms. The van der Waals surface area contributed by atoms with Gasteiger partial charge in [-0.05, 0) is 11.6 Å². The Morgan fingerprint density at radius 1 is 1.24 bits per heavy atom. The molecule has 0 fully saturated rings. The van der Waals surface area contributed by atoms with E-state index in [0.29, 0.717) is 17.0 Å². The first-order valence-corrected chi connectivity index (χ1v) is 5.53. The monoisotopic (exact) mass is 246 g/mol. The summed E-state index contributed by atoms with van der Waals surface area (Å²) in [6.45, 7) is 0. The lowest BCUT2D eigenvalue weighted by Gasteiger charge is -2.07. The molecule has 2 N–H and O–H groups in total. The van der Waals surface area contributed by atoms with Crippen LogP contribution in [0.3, 0.4) is 0 Å². The summed E-state index contributed by atoms with van der Waals surface area (Å²) in [5.74, 6) is -0.557. The van der Waals surface area contributed by atoms with E-state index in [4.69, 9.17) is 17.3 Å². The number of carbonyl (C=O) groups excluding carboxylic acids is 1. The number of carbonyl (C=O) groups is 1. The quantitative estimate of drug-likeness (QED) is 0.904. The average molecular weight is 247 g/mol. The summed E-state index contributed by atoms with van der Waals surface area (Å²) in [6.07, 6.45) is 2.03. The van der Waals surface area contributed by atoms with Crippen LogP contribution in [0.5, 0.6) is 0 Å². The first kappa shape index (κ1) is 11.6. The van der Waals surface area contributed by atoms with Gasteiger partial charge >= 0.3 is 0 Å². The molecule has 1 aromatic carbocycles. The highest BCUT2D eigenvalue weighted by Crippen LogP contribution is 2.21. The van der Waals surface area contributed by atoms with Gasteiger partial charge in [0.1, 0.15) is 5.69 Å². The summed E-state index contributed by atoms with van der Waals surface area (Å²) in [5.41, 5.74) is 7.25. The van der Waals surface area contributed by atoms with Crippen molar-refractivity contribution in [2.45, 2.75) is 6.42 Å². The fraction of sp³-hybridized carbons (Fsp3) is 0.0769. The lowest BCUT2D eigenvalue weighted by molar-refractivity contribution is 0.0994. The minimum Gasteiger partial charge on any atom is -0.364 e. The molecule has 1 amide bonds. The zero-order valence-corrected chi connectivity index (χ0v) is 9.82. The third kappa shape index (κ3) is 2.63. The van der Waals surface area contributed by atoms with Crippen LogP contribution in [0.1, 0.15) is 21.6 Å². The highest BCUT2D eigenvalue weighted by Gasteiger charge is 2.13. The van der Waals surface area contributed by atoms with Crippen molar-refractivity contribution in [1.29, 1.82) is 0 Å². The van der Waals surface area contributed by atoms with E-state index in [-0.39, 0.29) is 5.69 Å². The second-order valence-electron chi connectivity index (χ2n) is 3.65. The molecule has 0 aliphatic carbocycles. The highest BCUT2D eigenvalue weighted by molar-refractivity contribution is 6.31. The fourth-order valence-corrected chi connectivity index (χ4v) is 1.86. The van der Waals surface area contributed by atoms with Gasteiger partial charge in [-0.15, -0.1) is 0 Å². The summed E-state index contributed by atoms with van der Waals surface area (Å²) >= 11 is 6.08. The zero-order valence-electron chi connectivity index (χ0n) is 9.06. The molecule has 0 aliphatic heterocycles. The van der Waals surface area contributed by atoms with Gasteiger partial charge in [-0.25, -0.2) is 0 Å². The summed E-state index contributed by atoms with van der Waals surface area (Å²) in [4.78, 5) is 15.2. The first-order valence-electron chi connectivity index (χ1n) is 5.15. The molecule has 0 unspecified atom stereocenters. The number of amides is 1. The first-order chi connectivity index (χ1) is 8.18. The van der Waals surface area contributed by atoms with E-state index in [2.05, 4.69) is 4.98 Å². The molecule has 2 rings (SSSR count). The number of hydrogen-bond acceptors (Lipinski definition) is 2. The summed E-state index contributed by atoms with van der Waals surface area (Å²) in [5, 5.41) is 0.512.